The third-order valence-electron chi connectivity index (χ3n) is 11.7. The monoisotopic (exact) mass is 893 g/mol. The minimum atomic E-state index is -1.07. The molecule has 1 aromatic heterocycles. The fourth-order valence-corrected chi connectivity index (χ4v) is 8.60. The number of nitrogens with zero attached hydrogens (tertiary/aromatic N) is 6. The molecule has 1 atom stereocenters. The number of hydrogen-bond donors (Lipinski definition) is 4. The van der Waals surface area contributed by atoms with Crippen LogP contribution in [0.5, 0.6) is 5.75 Å². The van der Waals surface area contributed by atoms with E-state index in [1.807, 2.05) is 29.2 Å². The molecule has 0 spiro atoms. The molecule has 1 unspecified atom stereocenters. The van der Waals surface area contributed by atoms with Crippen molar-refractivity contribution in [2.24, 2.45) is 0 Å². The molecule has 3 aliphatic rings. The zero-order valence-electron chi connectivity index (χ0n) is 35.1. The number of imide groups is 2. The summed E-state index contributed by atoms with van der Waals surface area (Å²) in [6.07, 6.45) is 0.135. The number of ether oxygens (including phenoxy) is 1. The Balaban J connectivity index is 0.886. The lowest BCUT2D eigenvalue weighted by atomic mass is 9.96. The first kappa shape index (κ1) is 43.7. The summed E-state index contributed by atoms with van der Waals surface area (Å²) in [5.74, 6) is -2.83. The van der Waals surface area contributed by atoms with Crippen LogP contribution < -0.4 is 20.9 Å². The van der Waals surface area contributed by atoms with E-state index in [2.05, 4.69) is 20.9 Å². The number of nitrogens with one attached hydrogen (secondary N) is 3. The highest BCUT2D eigenvalue weighted by molar-refractivity contribution is 6.35. The van der Waals surface area contributed by atoms with Crippen LogP contribution in [0.2, 0.25) is 5.02 Å². The van der Waals surface area contributed by atoms with Crippen molar-refractivity contribution in [2.75, 3.05) is 81.6 Å². The number of benzene rings is 4. The number of fused-ring (bicyclic) bond motifs is 3. The van der Waals surface area contributed by atoms with E-state index >= 15 is 4.39 Å². The van der Waals surface area contributed by atoms with Gasteiger partial charge >= 0.3 is 0 Å². The van der Waals surface area contributed by atoms with Crippen LogP contribution in [-0.2, 0) is 23.9 Å². The van der Waals surface area contributed by atoms with E-state index < -0.39 is 35.5 Å². The zero-order valence-corrected chi connectivity index (χ0v) is 35.8. The number of halogens is 2. The lowest BCUT2D eigenvalue weighted by molar-refractivity contribution is -0.136. The lowest BCUT2D eigenvalue weighted by Crippen LogP contribution is -2.54. The molecule has 3 aliphatic heterocycles. The molecular weight excluding hydrogens is 849 g/mol. The Bertz CT molecular complexity index is 2730. The highest BCUT2D eigenvalue weighted by atomic mass is 35.5. The first-order valence-electron chi connectivity index (χ1n) is 20.9. The molecule has 2 saturated heterocycles. The number of likely N-dealkylation sites (N-methyl/N-ethyl adjacent to an activating group) is 1. The summed E-state index contributed by atoms with van der Waals surface area (Å²) in [5, 5.41) is 20.8. The van der Waals surface area contributed by atoms with Gasteiger partial charge in [-0.2, -0.15) is 4.98 Å². The normalized spacial score (nSPS) is 16.4. The zero-order chi connectivity index (χ0) is 45.2. The summed E-state index contributed by atoms with van der Waals surface area (Å²) in [6, 6.07) is 15.7. The highest BCUT2D eigenvalue weighted by Gasteiger charge is 2.45. The van der Waals surface area contributed by atoms with E-state index in [9.17, 15) is 33.9 Å². The minimum absolute atomic E-state index is 0.00524. The molecule has 19 heteroatoms. The summed E-state index contributed by atoms with van der Waals surface area (Å²) < 4.78 is 22.7. The van der Waals surface area contributed by atoms with Gasteiger partial charge in [-0.25, -0.2) is 9.37 Å². The minimum Gasteiger partial charge on any atom is -0.508 e. The van der Waals surface area contributed by atoms with Crippen LogP contribution in [0.1, 0.15) is 46.9 Å². The van der Waals surface area contributed by atoms with Crippen LogP contribution in [0.15, 0.2) is 60.7 Å². The second-order valence-electron chi connectivity index (χ2n) is 15.7. The van der Waals surface area contributed by atoms with Gasteiger partial charge in [0, 0.05) is 89.3 Å². The van der Waals surface area contributed by atoms with E-state index in [1.165, 1.54) is 24.0 Å². The number of piperidine rings is 1. The summed E-state index contributed by atoms with van der Waals surface area (Å²) in [7, 11) is 1.64. The number of aromatic nitrogens is 2. The maximum Gasteiger partial charge on any atom is 0.264 e. The molecule has 6 amide bonds. The quantitative estimate of drug-likeness (QED) is 0.0902. The van der Waals surface area contributed by atoms with Crippen LogP contribution in [0.4, 0.5) is 21.8 Å². The van der Waals surface area contributed by atoms with Crippen molar-refractivity contribution in [2.45, 2.75) is 32.2 Å². The molecule has 4 aromatic carbocycles. The predicted octanol–water partition coefficient (Wildman–Crippen LogP) is 4.41. The molecule has 0 bridgehead atoms. The number of amides is 6. The molecular formula is C45H45ClFN9O8. The van der Waals surface area contributed by atoms with Gasteiger partial charge in [-0.15, -0.1) is 0 Å². The number of phenols is 1. The third kappa shape index (κ3) is 8.70. The summed E-state index contributed by atoms with van der Waals surface area (Å²) in [6.45, 7) is 4.36. The van der Waals surface area contributed by atoms with E-state index in [1.54, 1.807) is 36.2 Å². The van der Waals surface area contributed by atoms with Crippen LogP contribution in [0, 0.1) is 5.82 Å². The molecule has 0 aliphatic carbocycles. The van der Waals surface area contributed by atoms with Crippen LogP contribution >= 0.6 is 11.6 Å². The Kier molecular flexibility index (Phi) is 12.6. The fraction of sp³-hybridized carbons (Fsp3) is 0.333. The molecule has 4 N–H and O–H groups in total. The van der Waals surface area contributed by atoms with Crippen LogP contribution in [-0.4, -0.2) is 137 Å². The average Bonchev–Trinajstić information content (AvgIpc) is 3.53. The van der Waals surface area contributed by atoms with Gasteiger partial charge in [-0.05, 0) is 53.1 Å². The van der Waals surface area contributed by atoms with Gasteiger partial charge in [0.1, 0.15) is 23.1 Å². The van der Waals surface area contributed by atoms with Crippen molar-refractivity contribution in [1.29, 1.82) is 0 Å². The van der Waals surface area contributed by atoms with Gasteiger partial charge in [0.25, 0.3) is 11.8 Å². The molecule has 5 aromatic rings. The van der Waals surface area contributed by atoms with Crippen LogP contribution in [0.25, 0.3) is 32.8 Å². The SMILES string of the molecule is CC(=O)N1CCN(c2nc(NCCC(=O)N(C)CCOCCNc3cccc4c3C(=O)N(C3CCC(=O)NC3=O)C4=O)nc3c(F)c(-c4cc(O)cc5ccccc45)c(Cl)cc23)CC1. The Labute approximate surface area is 371 Å². The highest BCUT2D eigenvalue weighted by Crippen LogP contribution is 2.42. The van der Waals surface area contributed by atoms with Crippen molar-refractivity contribution in [3.05, 3.63) is 82.6 Å². The van der Waals surface area contributed by atoms with E-state index in [4.69, 9.17) is 21.3 Å². The van der Waals surface area contributed by atoms with Crippen LogP contribution in [0.3, 0.4) is 0 Å². The van der Waals surface area contributed by atoms with Crippen molar-refractivity contribution in [3.63, 3.8) is 0 Å². The molecule has 0 saturated carbocycles. The fourth-order valence-electron chi connectivity index (χ4n) is 8.30. The van der Waals surface area contributed by atoms with Crippen molar-refractivity contribution in [3.8, 4) is 16.9 Å². The predicted molar refractivity (Wildman–Crippen MR) is 237 cm³/mol. The lowest BCUT2D eigenvalue weighted by Gasteiger charge is -2.35. The van der Waals surface area contributed by atoms with E-state index in [-0.39, 0.29) is 103 Å². The largest absolute Gasteiger partial charge is 0.508 e. The topological polar surface area (TPSA) is 207 Å². The molecule has 4 heterocycles. The smallest absolute Gasteiger partial charge is 0.264 e. The number of phenolic OH excluding ortho intramolecular Hbond substituents is 1. The maximum absolute atomic E-state index is 16.9. The molecule has 17 nitrogen and oxygen atoms in total. The van der Waals surface area contributed by atoms with Gasteiger partial charge in [0.05, 0.1) is 29.4 Å². The van der Waals surface area contributed by atoms with Gasteiger partial charge in [0.2, 0.25) is 29.6 Å². The molecule has 0 radical (unpaired) electrons. The van der Waals surface area contributed by atoms with Crippen molar-refractivity contribution < 1.29 is 43.0 Å². The van der Waals surface area contributed by atoms with Gasteiger partial charge in [-0.3, -0.25) is 39.0 Å². The summed E-state index contributed by atoms with van der Waals surface area (Å²) in [5.41, 5.74) is 1.18. The Morgan fingerprint density at radius 2 is 1.70 bits per heavy atom. The van der Waals surface area contributed by atoms with E-state index in [0.717, 1.165) is 4.90 Å². The van der Waals surface area contributed by atoms with Crippen molar-refractivity contribution in [1.82, 2.24) is 30.0 Å². The van der Waals surface area contributed by atoms with Gasteiger partial charge in [0.15, 0.2) is 5.82 Å². The number of hydrogen-bond acceptors (Lipinski definition) is 13. The standard InChI is InChI=1S/C45H45ClFN9O8/c1-25(57)54-15-17-55(18-16-54)41-31-24-32(46)37(30-23-27(58)22-26-6-3-4-7-28(26)30)39(47)40(31)51-45(52-41)49-13-12-36(60)53(2)19-21-64-20-14-48-33-9-5-8-29-38(33)44(63)56(43(29)62)34-10-11-35(59)50-42(34)61/h3-9,22-24,34,48,58H,10-21H2,1-2H3,(H,49,51,52)(H,50,59,61). The molecule has 332 valence electrons. The number of rotatable bonds is 14. The second kappa shape index (κ2) is 18.4. The average molecular weight is 894 g/mol. The number of piperazine rings is 1. The Morgan fingerprint density at radius 1 is 0.922 bits per heavy atom. The summed E-state index contributed by atoms with van der Waals surface area (Å²) in [4.78, 5) is 91.2. The van der Waals surface area contributed by atoms with Gasteiger partial charge < -0.3 is 35.2 Å². The molecule has 8 rings (SSSR count). The van der Waals surface area contributed by atoms with Crippen molar-refractivity contribution >= 4 is 86.2 Å². The number of carbonyl (C=O) groups is 6. The first-order chi connectivity index (χ1) is 30.8. The number of carbonyl (C=O) groups excluding carboxylic acids is 6. The van der Waals surface area contributed by atoms with E-state index in [0.29, 0.717) is 59.4 Å². The van der Waals surface area contributed by atoms with Gasteiger partial charge in [-0.1, -0.05) is 41.9 Å². The Hall–Kier alpha value is -6.92. The molecule has 64 heavy (non-hydrogen) atoms. The molecule has 2 fully saturated rings. The Morgan fingerprint density at radius 3 is 2.47 bits per heavy atom. The first-order valence-corrected chi connectivity index (χ1v) is 21.2. The second-order valence-corrected chi connectivity index (χ2v) is 16.1. The summed E-state index contributed by atoms with van der Waals surface area (Å²) >= 11 is 6.85. The number of aromatic hydroxyl groups is 1. The third-order valence-corrected chi connectivity index (χ3v) is 12.0. The maximum atomic E-state index is 16.9. The number of anilines is 3.